The van der Waals surface area contributed by atoms with Gasteiger partial charge in [-0.15, -0.1) is 11.3 Å². The molecule has 0 saturated carbocycles. The third kappa shape index (κ3) is 2.78. The van der Waals surface area contributed by atoms with E-state index < -0.39 is 0 Å². The van der Waals surface area contributed by atoms with Crippen molar-refractivity contribution < 1.29 is 4.79 Å². The zero-order valence-corrected chi connectivity index (χ0v) is 15.5. The maximum absolute atomic E-state index is 12.4. The first-order chi connectivity index (χ1) is 12.6. The second-order valence-electron chi connectivity index (χ2n) is 6.95. The van der Waals surface area contributed by atoms with Crippen molar-refractivity contribution >= 4 is 39.6 Å². The third-order valence-electron chi connectivity index (χ3n) is 4.85. The molecule has 0 radical (unpaired) electrons. The van der Waals surface area contributed by atoms with Crippen molar-refractivity contribution in [2.24, 2.45) is 5.92 Å². The molecule has 1 aliphatic heterocycles. The monoisotopic (exact) mass is 368 g/mol. The Labute approximate surface area is 155 Å². The number of fused-ring (bicyclic) bond motifs is 2. The van der Waals surface area contributed by atoms with E-state index in [-0.39, 0.29) is 17.9 Å². The van der Waals surface area contributed by atoms with E-state index >= 15 is 0 Å². The Morgan fingerprint density at radius 3 is 2.92 bits per heavy atom. The fraction of sp³-hybridized carbons (Fsp3) is 0.444. The van der Waals surface area contributed by atoms with Gasteiger partial charge >= 0.3 is 0 Å². The number of aryl methyl sites for hydroxylation is 1. The molecule has 0 aromatic carbocycles. The highest BCUT2D eigenvalue weighted by Gasteiger charge is 2.31. The van der Waals surface area contributed by atoms with Gasteiger partial charge in [-0.3, -0.25) is 4.79 Å². The molecule has 3 heterocycles. The molecule has 1 amide bonds. The van der Waals surface area contributed by atoms with Gasteiger partial charge in [0.15, 0.2) is 11.6 Å². The molecule has 0 spiro atoms. The average Bonchev–Trinajstić information content (AvgIpc) is 2.98. The number of nitrogens with zero attached hydrogens (tertiary/aromatic N) is 3. The number of hydrogen-bond acceptors (Lipinski definition) is 7. The van der Waals surface area contributed by atoms with Crippen LogP contribution in [0.2, 0.25) is 0 Å². The lowest BCUT2D eigenvalue weighted by atomic mass is 9.96. The van der Waals surface area contributed by atoms with Gasteiger partial charge in [-0.1, -0.05) is 13.8 Å². The molecular formula is C18H20N6OS. The summed E-state index contributed by atoms with van der Waals surface area (Å²) >= 11 is 1.61. The lowest BCUT2D eigenvalue weighted by Crippen LogP contribution is -2.43. The van der Waals surface area contributed by atoms with E-state index in [1.165, 1.54) is 11.2 Å². The zero-order chi connectivity index (χ0) is 18.3. The molecule has 2 aliphatic rings. The van der Waals surface area contributed by atoms with E-state index in [1.54, 1.807) is 11.3 Å². The van der Waals surface area contributed by atoms with E-state index in [0.29, 0.717) is 22.9 Å². The summed E-state index contributed by atoms with van der Waals surface area (Å²) in [6, 6.07) is 2.01. The molecular weight excluding hydrogens is 348 g/mol. The maximum atomic E-state index is 12.4. The number of carbonyl (C=O) groups excluding carboxylic acids is 1. The molecule has 1 aliphatic carbocycles. The minimum Gasteiger partial charge on any atom is -0.356 e. The molecule has 0 fully saturated rings. The number of nitriles is 1. The third-order valence-corrected chi connectivity index (χ3v) is 6.06. The van der Waals surface area contributed by atoms with Crippen LogP contribution in [0.5, 0.6) is 0 Å². The van der Waals surface area contributed by atoms with Crippen LogP contribution in [0.25, 0.3) is 0 Å². The van der Waals surface area contributed by atoms with Crippen LogP contribution in [0.1, 0.15) is 42.7 Å². The predicted molar refractivity (Wildman–Crippen MR) is 102 cm³/mol. The first-order valence-electron chi connectivity index (χ1n) is 8.82. The second kappa shape index (κ2) is 6.57. The summed E-state index contributed by atoms with van der Waals surface area (Å²) in [6.07, 6.45) is 5.72. The Kier molecular flexibility index (Phi) is 4.24. The summed E-state index contributed by atoms with van der Waals surface area (Å²) < 4.78 is 0. The number of rotatable bonds is 3. The first-order valence-corrected chi connectivity index (χ1v) is 9.64. The van der Waals surface area contributed by atoms with Gasteiger partial charge in [-0.25, -0.2) is 9.97 Å². The molecule has 1 unspecified atom stereocenters. The van der Waals surface area contributed by atoms with E-state index in [0.717, 1.165) is 36.2 Å². The number of thiophene rings is 1. The maximum Gasteiger partial charge on any atom is 0.247 e. The van der Waals surface area contributed by atoms with E-state index in [9.17, 15) is 10.1 Å². The van der Waals surface area contributed by atoms with Crippen molar-refractivity contribution in [2.45, 2.75) is 45.6 Å². The standard InChI is InChI=1S/C18H20N6OS/c1-9(2)13-17(25)23-14-15(22-13)20-8-21-16(14)24-18-11(7-19)10-5-3-4-6-12(10)26-18/h8-9,13H,3-6H2,1-2H3,(H,23,25)(H2,20,21,22,24). The number of hydrogen-bond donors (Lipinski definition) is 3. The predicted octanol–water partition coefficient (Wildman–Crippen LogP) is 3.42. The van der Waals surface area contributed by atoms with Gasteiger partial charge in [0.2, 0.25) is 5.91 Å². The minimum absolute atomic E-state index is 0.101. The number of anilines is 4. The van der Waals surface area contributed by atoms with Crippen LogP contribution in [0.15, 0.2) is 6.33 Å². The summed E-state index contributed by atoms with van der Waals surface area (Å²) in [4.78, 5) is 22.2. The summed E-state index contributed by atoms with van der Waals surface area (Å²) in [6.45, 7) is 3.97. The average molecular weight is 368 g/mol. The van der Waals surface area contributed by atoms with Gasteiger partial charge in [0.25, 0.3) is 0 Å². The van der Waals surface area contributed by atoms with Gasteiger partial charge in [0, 0.05) is 4.88 Å². The quantitative estimate of drug-likeness (QED) is 0.767. The van der Waals surface area contributed by atoms with Crippen molar-refractivity contribution in [1.29, 1.82) is 5.26 Å². The highest BCUT2D eigenvalue weighted by atomic mass is 32.1. The topological polar surface area (TPSA) is 103 Å². The van der Waals surface area contributed by atoms with Gasteiger partial charge in [0.1, 0.15) is 29.1 Å². The SMILES string of the molecule is CC(C)C1Nc2ncnc(Nc3sc4c(c3C#N)CCCC4)c2NC1=O. The Bertz CT molecular complexity index is 913. The largest absolute Gasteiger partial charge is 0.356 e. The van der Waals surface area contributed by atoms with Crippen LogP contribution in [-0.4, -0.2) is 21.9 Å². The van der Waals surface area contributed by atoms with Crippen LogP contribution in [0.3, 0.4) is 0 Å². The number of amides is 1. The van der Waals surface area contributed by atoms with E-state index in [4.69, 9.17) is 0 Å². The minimum atomic E-state index is -0.325. The lowest BCUT2D eigenvalue weighted by molar-refractivity contribution is -0.117. The second-order valence-corrected chi connectivity index (χ2v) is 8.06. The van der Waals surface area contributed by atoms with Crippen molar-refractivity contribution in [3.05, 3.63) is 22.3 Å². The summed E-state index contributed by atoms with van der Waals surface area (Å²) in [5.41, 5.74) is 2.40. The van der Waals surface area contributed by atoms with Crippen molar-refractivity contribution in [3.63, 3.8) is 0 Å². The van der Waals surface area contributed by atoms with Gasteiger partial charge in [-0.2, -0.15) is 5.26 Å². The summed E-state index contributed by atoms with van der Waals surface area (Å²) in [5.74, 6) is 1.15. The highest BCUT2D eigenvalue weighted by Crippen LogP contribution is 2.41. The lowest BCUT2D eigenvalue weighted by Gasteiger charge is -2.29. The molecule has 1 atom stereocenters. The number of aromatic nitrogens is 2. The molecule has 26 heavy (non-hydrogen) atoms. The summed E-state index contributed by atoms with van der Waals surface area (Å²) in [5, 5.41) is 19.8. The zero-order valence-electron chi connectivity index (χ0n) is 14.7. The van der Waals surface area contributed by atoms with Gasteiger partial charge < -0.3 is 16.0 Å². The van der Waals surface area contributed by atoms with Gasteiger partial charge in [-0.05, 0) is 37.2 Å². The van der Waals surface area contributed by atoms with Crippen LogP contribution in [0.4, 0.5) is 22.3 Å². The normalized spacial score (nSPS) is 18.4. The molecule has 4 rings (SSSR count). The van der Waals surface area contributed by atoms with Crippen molar-refractivity contribution in [3.8, 4) is 6.07 Å². The summed E-state index contributed by atoms with van der Waals surface area (Å²) in [7, 11) is 0. The molecule has 8 heteroatoms. The van der Waals surface area contributed by atoms with Crippen molar-refractivity contribution in [2.75, 3.05) is 16.0 Å². The fourth-order valence-corrected chi connectivity index (χ4v) is 4.71. The molecule has 7 nitrogen and oxygen atoms in total. The Balaban J connectivity index is 1.69. The van der Waals surface area contributed by atoms with Crippen LogP contribution in [0, 0.1) is 17.2 Å². The van der Waals surface area contributed by atoms with Crippen LogP contribution in [-0.2, 0) is 17.6 Å². The Morgan fingerprint density at radius 2 is 2.15 bits per heavy atom. The van der Waals surface area contributed by atoms with Crippen molar-refractivity contribution in [1.82, 2.24) is 9.97 Å². The number of nitrogens with one attached hydrogen (secondary N) is 3. The Morgan fingerprint density at radius 1 is 1.35 bits per heavy atom. The van der Waals surface area contributed by atoms with Gasteiger partial charge in [0.05, 0.1) is 5.56 Å². The van der Waals surface area contributed by atoms with E-state index in [1.807, 2.05) is 13.8 Å². The number of carbonyl (C=O) groups is 1. The molecule has 3 N–H and O–H groups in total. The highest BCUT2D eigenvalue weighted by molar-refractivity contribution is 7.16. The van der Waals surface area contributed by atoms with Crippen LogP contribution < -0.4 is 16.0 Å². The molecule has 0 bridgehead atoms. The first kappa shape index (κ1) is 16.8. The molecule has 2 aromatic heterocycles. The smallest absolute Gasteiger partial charge is 0.247 e. The fourth-order valence-electron chi connectivity index (χ4n) is 3.47. The molecule has 2 aromatic rings. The Hall–Kier alpha value is -2.66. The molecule has 0 saturated heterocycles. The van der Waals surface area contributed by atoms with E-state index in [2.05, 4.69) is 32.0 Å². The molecule has 134 valence electrons. The van der Waals surface area contributed by atoms with Crippen LogP contribution >= 0.6 is 11.3 Å².